The van der Waals surface area contributed by atoms with Gasteiger partial charge in [0.1, 0.15) is 5.41 Å². The van der Waals surface area contributed by atoms with Crippen molar-refractivity contribution in [3.63, 3.8) is 0 Å². The highest BCUT2D eigenvalue weighted by molar-refractivity contribution is 5.85. The first-order valence-corrected chi connectivity index (χ1v) is 6.81. The lowest BCUT2D eigenvalue weighted by molar-refractivity contribution is -0.129. The normalized spacial score (nSPS) is 18.7. The average molecular weight is 236 g/mol. The number of carbonyl (C=O) groups is 1. The summed E-state index contributed by atoms with van der Waals surface area (Å²) in [4.78, 5) is 12.2. The molecular formula is C14H24N2O. The molecule has 0 radical (unpaired) electrons. The van der Waals surface area contributed by atoms with Crippen LogP contribution >= 0.6 is 0 Å². The fraction of sp³-hybridized carbons (Fsp3) is 0.857. The van der Waals surface area contributed by atoms with Crippen molar-refractivity contribution in [2.24, 2.45) is 11.3 Å². The van der Waals surface area contributed by atoms with Crippen molar-refractivity contribution in [2.45, 2.75) is 65.3 Å². The summed E-state index contributed by atoms with van der Waals surface area (Å²) < 4.78 is 0. The number of amides is 1. The fourth-order valence-corrected chi connectivity index (χ4v) is 2.70. The maximum absolute atomic E-state index is 12.2. The second-order valence-electron chi connectivity index (χ2n) is 5.21. The van der Waals surface area contributed by atoms with Crippen LogP contribution in [0.25, 0.3) is 0 Å². The highest BCUT2D eigenvalue weighted by Gasteiger charge is 2.36. The molecule has 1 rings (SSSR count). The number of nitrogens with one attached hydrogen (secondary N) is 1. The van der Waals surface area contributed by atoms with Gasteiger partial charge in [-0.3, -0.25) is 4.79 Å². The van der Waals surface area contributed by atoms with E-state index >= 15 is 0 Å². The first-order valence-electron chi connectivity index (χ1n) is 6.81. The van der Waals surface area contributed by atoms with E-state index < -0.39 is 5.41 Å². The van der Waals surface area contributed by atoms with Gasteiger partial charge in [-0.15, -0.1) is 0 Å². The summed E-state index contributed by atoms with van der Waals surface area (Å²) in [5.41, 5.74) is -0.827. The molecule has 0 aromatic heterocycles. The molecule has 1 aliphatic rings. The van der Waals surface area contributed by atoms with E-state index in [0.717, 1.165) is 0 Å². The van der Waals surface area contributed by atoms with Crippen molar-refractivity contribution in [1.29, 1.82) is 5.26 Å². The van der Waals surface area contributed by atoms with Gasteiger partial charge in [-0.1, -0.05) is 26.7 Å². The summed E-state index contributed by atoms with van der Waals surface area (Å²) in [6.45, 7) is 5.89. The minimum absolute atomic E-state index is 0.0793. The van der Waals surface area contributed by atoms with Crippen LogP contribution in [0, 0.1) is 22.7 Å². The quantitative estimate of drug-likeness (QED) is 0.797. The number of carbonyl (C=O) groups excluding carboxylic acids is 1. The molecule has 17 heavy (non-hydrogen) atoms. The summed E-state index contributed by atoms with van der Waals surface area (Å²) in [6, 6.07) is 2.40. The van der Waals surface area contributed by atoms with E-state index in [-0.39, 0.29) is 11.9 Å². The molecule has 1 amide bonds. The summed E-state index contributed by atoms with van der Waals surface area (Å²) in [7, 11) is 0. The minimum Gasteiger partial charge on any atom is -0.352 e. The first-order chi connectivity index (χ1) is 8.09. The van der Waals surface area contributed by atoms with E-state index in [1.807, 2.05) is 13.8 Å². The van der Waals surface area contributed by atoms with Gasteiger partial charge in [0.25, 0.3) is 0 Å². The van der Waals surface area contributed by atoms with Gasteiger partial charge in [-0.2, -0.15) is 5.26 Å². The van der Waals surface area contributed by atoms with Gasteiger partial charge in [0.15, 0.2) is 0 Å². The lowest BCUT2D eigenvalue weighted by atomic mass is 9.82. The predicted molar refractivity (Wildman–Crippen MR) is 68.2 cm³/mol. The van der Waals surface area contributed by atoms with E-state index in [0.29, 0.717) is 18.8 Å². The Morgan fingerprint density at radius 2 is 1.94 bits per heavy atom. The van der Waals surface area contributed by atoms with Crippen LogP contribution in [0.5, 0.6) is 0 Å². The fourth-order valence-electron chi connectivity index (χ4n) is 2.70. The monoisotopic (exact) mass is 236 g/mol. The third-order valence-electron chi connectivity index (χ3n) is 4.32. The van der Waals surface area contributed by atoms with Crippen LogP contribution in [0.4, 0.5) is 0 Å². The Kier molecular flexibility index (Phi) is 4.99. The van der Waals surface area contributed by atoms with Crippen molar-refractivity contribution < 1.29 is 4.79 Å². The zero-order valence-corrected chi connectivity index (χ0v) is 11.3. The third kappa shape index (κ3) is 3.00. The van der Waals surface area contributed by atoms with E-state index in [2.05, 4.69) is 18.3 Å². The van der Waals surface area contributed by atoms with Crippen LogP contribution in [0.3, 0.4) is 0 Å². The number of nitriles is 1. The Balaban J connectivity index is 2.61. The Morgan fingerprint density at radius 1 is 1.41 bits per heavy atom. The van der Waals surface area contributed by atoms with Crippen molar-refractivity contribution in [2.75, 3.05) is 0 Å². The first kappa shape index (κ1) is 14.0. The Bertz CT molecular complexity index is 296. The molecule has 0 aliphatic heterocycles. The van der Waals surface area contributed by atoms with Gasteiger partial charge in [-0.05, 0) is 38.5 Å². The maximum atomic E-state index is 12.2. The van der Waals surface area contributed by atoms with Crippen molar-refractivity contribution in [1.82, 2.24) is 5.32 Å². The minimum atomic E-state index is -0.827. The second kappa shape index (κ2) is 6.05. The number of nitrogens with zero attached hydrogens (tertiary/aromatic N) is 1. The van der Waals surface area contributed by atoms with E-state index in [1.165, 1.54) is 25.7 Å². The summed E-state index contributed by atoms with van der Waals surface area (Å²) in [5.74, 6) is 0.522. The van der Waals surface area contributed by atoms with Crippen molar-refractivity contribution in [3.05, 3.63) is 0 Å². The van der Waals surface area contributed by atoms with Crippen LogP contribution in [0.15, 0.2) is 0 Å². The highest BCUT2D eigenvalue weighted by Crippen LogP contribution is 2.30. The molecule has 0 aromatic rings. The van der Waals surface area contributed by atoms with Crippen LogP contribution in [-0.4, -0.2) is 11.9 Å². The topological polar surface area (TPSA) is 52.9 Å². The SMILES string of the molecule is CCC(C#N)(CC)C(=O)NC(C)C1CCCC1. The molecule has 0 saturated heterocycles. The van der Waals surface area contributed by atoms with Gasteiger partial charge in [0, 0.05) is 6.04 Å². The smallest absolute Gasteiger partial charge is 0.240 e. The largest absolute Gasteiger partial charge is 0.352 e. The van der Waals surface area contributed by atoms with E-state index in [4.69, 9.17) is 0 Å². The highest BCUT2D eigenvalue weighted by atomic mass is 16.2. The maximum Gasteiger partial charge on any atom is 0.240 e. The molecule has 0 aromatic carbocycles. The molecule has 1 unspecified atom stereocenters. The summed E-state index contributed by atoms with van der Waals surface area (Å²) >= 11 is 0. The van der Waals surface area contributed by atoms with Crippen molar-refractivity contribution >= 4 is 5.91 Å². The van der Waals surface area contributed by atoms with Crippen LogP contribution in [0.1, 0.15) is 59.3 Å². The molecule has 0 spiro atoms. The van der Waals surface area contributed by atoms with Gasteiger partial charge >= 0.3 is 0 Å². The zero-order chi connectivity index (χ0) is 12.9. The molecule has 0 heterocycles. The molecule has 3 nitrogen and oxygen atoms in total. The van der Waals surface area contributed by atoms with E-state index in [9.17, 15) is 10.1 Å². The summed E-state index contributed by atoms with van der Waals surface area (Å²) in [5, 5.41) is 12.3. The average Bonchev–Trinajstić information content (AvgIpc) is 2.85. The lowest BCUT2D eigenvalue weighted by Crippen LogP contribution is -2.45. The summed E-state index contributed by atoms with van der Waals surface area (Å²) in [6.07, 6.45) is 6.14. The predicted octanol–water partition coefficient (Wildman–Crippen LogP) is 3.01. The molecule has 3 heteroatoms. The van der Waals surface area contributed by atoms with Gasteiger partial charge in [0.2, 0.25) is 5.91 Å². The Hall–Kier alpha value is -1.04. The van der Waals surface area contributed by atoms with Crippen LogP contribution < -0.4 is 5.32 Å². The molecule has 96 valence electrons. The number of hydrogen-bond acceptors (Lipinski definition) is 2. The van der Waals surface area contributed by atoms with Gasteiger partial charge in [0.05, 0.1) is 6.07 Å². The Labute approximate surface area is 105 Å². The number of hydrogen-bond donors (Lipinski definition) is 1. The second-order valence-corrected chi connectivity index (χ2v) is 5.21. The standard InChI is InChI=1S/C14H24N2O/c1-4-14(5-2,10-15)13(17)16-11(3)12-8-6-7-9-12/h11-12H,4-9H2,1-3H3,(H,16,17). The van der Waals surface area contributed by atoms with Crippen LogP contribution in [-0.2, 0) is 4.79 Å². The molecule has 1 fully saturated rings. The third-order valence-corrected chi connectivity index (χ3v) is 4.32. The van der Waals surface area contributed by atoms with Crippen molar-refractivity contribution in [3.8, 4) is 6.07 Å². The lowest BCUT2D eigenvalue weighted by Gasteiger charge is -2.27. The molecule has 1 saturated carbocycles. The van der Waals surface area contributed by atoms with Gasteiger partial charge < -0.3 is 5.32 Å². The van der Waals surface area contributed by atoms with E-state index in [1.54, 1.807) is 0 Å². The molecule has 1 atom stereocenters. The number of rotatable bonds is 5. The molecular weight excluding hydrogens is 212 g/mol. The molecule has 0 bridgehead atoms. The molecule has 1 aliphatic carbocycles. The van der Waals surface area contributed by atoms with Gasteiger partial charge in [-0.25, -0.2) is 0 Å². The van der Waals surface area contributed by atoms with Crippen LogP contribution in [0.2, 0.25) is 0 Å². The zero-order valence-electron chi connectivity index (χ0n) is 11.3. The Morgan fingerprint density at radius 3 is 2.35 bits per heavy atom. The molecule has 1 N–H and O–H groups in total.